The zero-order chi connectivity index (χ0) is 9.97. The van der Waals surface area contributed by atoms with Crippen LogP contribution in [0.5, 0.6) is 0 Å². The first-order valence-electron chi connectivity index (χ1n) is 4.30. The average Bonchev–Trinajstić information content (AvgIpc) is 2.67. The fourth-order valence-corrected chi connectivity index (χ4v) is 2.10. The standard InChI is InChI=1S/C10H11N3S/c11-5-7-6-14-10(13-7)8-3-1-2-4-9(8)12/h1-4,6H,5,11-12H2. The lowest BCUT2D eigenvalue weighted by molar-refractivity contribution is 1.01. The van der Waals surface area contributed by atoms with E-state index in [0.717, 1.165) is 22.0 Å². The quantitative estimate of drug-likeness (QED) is 0.735. The Morgan fingerprint density at radius 1 is 1.29 bits per heavy atom. The highest BCUT2D eigenvalue weighted by Gasteiger charge is 2.05. The van der Waals surface area contributed by atoms with Gasteiger partial charge in [-0.25, -0.2) is 4.98 Å². The van der Waals surface area contributed by atoms with E-state index in [2.05, 4.69) is 4.98 Å². The van der Waals surface area contributed by atoms with Gasteiger partial charge in [-0.2, -0.15) is 0 Å². The second-order valence-electron chi connectivity index (χ2n) is 2.94. The maximum Gasteiger partial charge on any atom is 0.125 e. The Hall–Kier alpha value is -1.39. The summed E-state index contributed by atoms with van der Waals surface area (Å²) in [7, 11) is 0. The zero-order valence-corrected chi connectivity index (χ0v) is 8.42. The number of nitrogens with zero attached hydrogens (tertiary/aromatic N) is 1. The van der Waals surface area contributed by atoms with Gasteiger partial charge in [0, 0.05) is 23.2 Å². The molecule has 0 unspecified atom stereocenters. The molecule has 0 aliphatic carbocycles. The summed E-state index contributed by atoms with van der Waals surface area (Å²) in [6.45, 7) is 0.475. The van der Waals surface area contributed by atoms with E-state index in [-0.39, 0.29) is 0 Å². The van der Waals surface area contributed by atoms with Crippen molar-refractivity contribution in [1.82, 2.24) is 4.98 Å². The molecule has 1 aromatic carbocycles. The second-order valence-corrected chi connectivity index (χ2v) is 3.79. The van der Waals surface area contributed by atoms with Crippen LogP contribution in [0.1, 0.15) is 5.69 Å². The van der Waals surface area contributed by atoms with Gasteiger partial charge < -0.3 is 11.5 Å². The van der Waals surface area contributed by atoms with Crippen LogP contribution in [0, 0.1) is 0 Å². The van der Waals surface area contributed by atoms with Crippen molar-refractivity contribution in [3.05, 3.63) is 35.3 Å². The second kappa shape index (κ2) is 3.77. The third-order valence-corrected chi connectivity index (χ3v) is 2.88. The fraction of sp³-hybridized carbons (Fsp3) is 0.100. The van der Waals surface area contributed by atoms with Crippen molar-refractivity contribution in [3.63, 3.8) is 0 Å². The summed E-state index contributed by atoms with van der Waals surface area (Å²) in [5.74, 6) is 0. The van der Waals surface area contributed by atoms with Crippen molar-refractivity contribution in [2.45, 2.75) is 6.54 Å². The van der Waals surface area contributed by atoms with Gasteiger partial charge in [-0.15, -0.1) is 11.3 Å². The van der Waals surface area contributed by atoms with Gasteiger partial charge in [0.25, 0.3) is 0 Å². The molecule has 2 rings (SSSR count). The minimum Gasteiger partial charge on any atom is -0.398 e. The van der Waals surface area contributed by atoms with Gasteiger partial charge in [0.15, 0.2) is 0 Å². The number of nitrogen functional groups attached to an aromatic ring is 1. The average molecular weight is 205 g/mol. The molecule has 0 fully saturated rings. The Morgan fingerprint density at radius 2 is 2.07 bits per heavy atom. The third kappa shape index (κ3) is 1.62. The van der Waals surface area contributed by atoms with Crippen LogP contribution in [0.25, 0.3) is 10.6 Å². The number of anilines is 1. The number of rotatable bonds is 2. The van der Waals surface area contributed by atoms with E-state index in [1.165, 1.54) is 0 Å². The number of nitrogens with two attached hydrogens (primary N) is 2. The Kier molecular flexibility index (Phi) is 2.47. The van der Waals surface area contributed by atoms with E-state index < -0.39 is 0 Å². The Labute approximate surface area is 86.4 Å². The zero-order valence-electron chi connectivity index (χ0n) is 7.60. The first-order chi connectivity index (χ1) is 6.81. The summed E-state index contributed by atoms with van der Waals surface area (Å²) in [6.07, 6.45) is 0. The van der Waals surface area contributed by atoms with Crippen molar-refractivity contribution in [2.75, 3.05) is 5.73 Å². The van der Waals surface area contributed by atoms with Crippen LogP contribution in [0.2, 0.25) is 0 Å². The van der Waals surface area contributed by atoms with Gasteiger partial charge in [-0.3, -0.25) is 0 Å². The minimum atomic E-state index is 0.475. The SMILES string of the molecule is NCc1csc(-c2ccccc2N)n1. The lowest BCUT2D eigenvalue weighted by atomic mass is 10.2. The monoisotopic (exact) mass is 205 g/mol. The number of hydrogen-bond acceptors (Lipinski definition) is 4. The number of benzene rings is 1. The number of para-hydroxylation sites is 1. The molecule has 1 heterocycles. The maximum absolute atomic E-state index is 5.84. The molecule has 2 aromatic rings. The first kappa shape index (κ1) is 9.18. The van der Waals surface area contributed by atoms with Crippen LogP contribution in [0.3, 0.4) is 0 Å². The van der Waals surface area contributed by atoms with E-state index in [0.29, 0.717) is 6.54 Å². The summed E-state index contributed by atoms with van der Waals surface area (Å²) >= 11 is 1.57. The molecule has 0 aliphatic heterocycles. The van der Waals surface area contributed by atoms with Crippen LogP contribution in [-0.2, 0) is 6.54 Å². The molecule has 14 heavy (non-hydrogen) atoms. The highest BCUT2D eigenvalue weighted by atomic mass is 32.1. The molecule has 0 bridgehead atoms. The highest BCUT2D eigenvalue weighted by Crippen LogP contribution is 2.28. The molecule has 1 aromatic heterocycles. The van der Waals surface area contributed by atoms with Crippen LogP contribution in [0.4, 0.5) is 5.69 Å². The molecule has 0 saturated carbocycles. The van der Waals surface area contributed by atoms with Crippen LogP contribution in [-0.4, -0.2) is 4.98 Å². The molecule has 0 amide bonds. The van der Waals surface area contributed by atoms with E-state index in [4.69, 9.17) is 11.5 Å². The lowest BCUT2D eigenvalue weighted by Gasteiger charge is -1.99. The molecule has 3 nitrogen and oxygen atoms in total. The molecular formula is C10H11N3S. The minimum absolute atomic E-state index is 0.475. The summed E-state index contributed by atoms with van der Waals surface area (Å²) in [6, 6.07) is 7.71. The molecule has 0 aliphatic rings. The van der Waals surface area contributed by atoms with E-state index in [1.807, 2.05) is 29.6 Å². The van der Waals surface area contributed by atoms with Crippen molar-refractivity contribution < 1.29 is 0 Å². The summed E-state index contributed by atoms with van der Waals surface area (Å²) < 4.78 is 0. The van der Waals surface area contributed by atoms with Gasteiger partial charge >= 0.3 is 0 Å². The van der Waals surface area contributed by atoms with Crippen molar-refractivity contribution >= 4 is 17.0 Å². The van der Waals surface area contributed by atoms with Gasteiger partial charge in [0.05, 0.1) is 5.69 Å². The smallest absolute Gasteiger partial charge is 0.125 e. The molecule has 0 spiro atoms. The molecule has 0 radical (unpaired) electrons. The predicted molar refractivity (Wildman–Crippen MR) is 59.9 cm³/mol. The van der Waals surface area contributed by atoms with E-state index in [1.54, 1.807) is 11.3 Å². The summed E-state index contributed by atoms with van der Waals surface area (Å²) in [5, 5.41) is 2.89. The van der Waals surface area contributed by atoms with Gasteiger partial charge in [0.1, 0.15) is 5.01 Å². The molecule has 4 N–H and O–H groups in total. The van der Waals surface area contributed by atoms with Crippen molar-refractivity contribution in [3.8, 4) is 10.6 Å². The van der Waals surface area contributed by atoms with Crippen LogP contribution in [0.15, 0.2) is 29.6 Å². The summed E-state index contributed by atoms with van der Waals surface area (Å²) in [4.78, 5) is 4.37. The van der Waals surface area contributed by atoms with Crippen LogP contribution < -0.4 is 11.5 Å². The first-order valence-corrected chi connectivity index (χ1v) is 5.18. The van der Waals surface area contributed by atoms with Gasteiger partial charge in [0.2, 0.25) is 0 Å². The lowest BCUT2D eigenvalue weighted by Crippen LogP contribution is -1.96. The Morgan fingerprint density at radius 3 is 2.71 bits per heavy atom. The van der Waals surface area contributed by atoms with Crippen LogP contribution >= 0.6 is 11.3 Å². The predicted octanol–water partition coefficient (Wildman–Crippen LogP) is 1.85. The van der Waals surface area contributed by atoms with Gasteiger partial charge in [-0.05, 0) is 12.1 Å². The highest BCUT2D eigenvalue weighted by molar-refractivity contribution is 7.13. The number of thiazole rings is 1. The molecule has 72 valence electrons. The Balaban J connectivity index is 2.44. The van der Waals surface area contributed by atoms with E-state index in [9.17, 15) is 0 Å². The van der Waals surface area contributed by atoms with Crippen molar-refractivity contribution in [2.24, 2.45) is 5.73 Å². The molecule has 0 saturated heterocycles. The summed E-state index contributed by atoms with van der Waals surface area (Å²) in [5.41, 5.74) is 14.0. The van der Waals surface area contributed by atoms with Gasteiger partial charge in [-0.1, -0.05) is 12.1 Å². The topological polar surface area (TPSA) is 64.9 Å². The Bertz CT molecular complexity index is 436. The van der Waals surface area contributed by atoms with Crippen molar-refractivity contribution in [1.29, 1.82) is 0 Å². The molecule has 4 heteroatoms. The maximum atomic E-state index is 5.84. The van der Waals surface area contributed by atoms with E-state index >= 15 is 0 Å². The number of aromatic nitrogens is 1. The molecular weight excluding hydrogens is 194 g/mol. The normalized spacial score (nSPS) is 10.4. The number of hydrogen-bond donors (Lipinski definition) is 2. The third-order valence-electron chi connectivity index (χ3n) is 1.95. The fourth-order valence-electron chi connectivity index (χ4n) is 1.22. The largest absolute Gasteiger partial charge is 0.398 e. The molecule has 0 atom stereocenters.